The molecular formula is C22H26N2O6S2. The van der Waals surface area contributed by atoms with Crippen LogP contribution in [0.3, 0.4) is 0 Å². The molecule has 32 heavy (non-hydrogen) atoms. The van der Waals surface area contributed by atoms with E-state index >= 15 is 0 Å². The predicted octanol–water partition coefficient (Wildman–Crippen LogP) is 3.26. The van der Waals surface area contributed by atoms with E-state index in [1.807, 2.05) is 0 Å². The van der Waals surface area contributed by atoms with Crippen LogP contribution in [0.2, 0.25) is 0 Å². The molecule has 10 heteroatoms. The number of nitrogens with one attached hydrogen (secondary N) is 1. The van der Waals surface area contributed by atoms with Gasteiger partial charge >= 0.3 is 5.97 Å². The third-order valence-electron chi connectivity index (χ3n) is 5.13. The molecule has 3 rings (SSSR count). The highest BCUT2D eigenvalue weighted by Crippen LogP contribution is 2.30. The Morgan fingerprint density at radius 1 is 1.16 bits per heavy atom. The second-order valence-electron chi connectivity index (χ2n) is 7.53. The van der Waals surface area contributed by atoms with Crippen LogP contribution in [0.1, 0.15) is 36.5 Å². The van der Waals surface area contributed by atoms with Crippen LogP contribution in [0, 0.1) is 0 Å². The Kier molecular flexibility index (Phi) is 7.81. The van der Waals surface area contributed by atoms with Crippen molar-refractivity contribution in [1.29, 1.82) is 0 Å². The number of carbonyl (C=O) groups is 2. The Morgan fingerprint density at radius 2 is 1.81 bits per heavy atom. The van der Waals surface area contributed by atoms with Crippen molar-refractivity contribution in [3.63, 3.8) is 0 Å². The summed E-state index contributed by atoms with van der Waals surface area (Å²) in [6, 6.07) is 10.9. The first-order chi connectivity index (χ1) is 15.2. The van der Waals surface area contributed by atoms with Crippen molar-refractivity contribution in [2.24, 2.45) is 0 Å². The maximum absolute atomic E-state index is 13.2. The first-order valence-corrected chi connectivity index (χ1v) is 12.2. The fourth-order valence-electron chi connectivity index (χ4n) is 3.39. The standard InChI is InChI=1S/C22H26N2O6S2/c1-2-3-12-30-17-8-10-19(11-9-17)32(28,29)24-14-18(31)13-20(24)21(25)23-16-6-4-15(5-7-16)22(26)27/h4-11,18,20,31H,2-3,12-14H2,1H3,(H,23,25)(H,26,27). The van der Waals surface area contributed by atoms with Crippen LogP contribution in [0.4, 0.5) is 5.69 Å². The summed E-state index contributed by atoms with van der Waals surface area (Å²) in [5.74, 6) is -0.978. The maximum Gasteiger partial charge on any atom is 0.335 e. The molecule has 0 aromatic heterocycles. The highest BCUT2D eigenvalue weighted by atomic mass is 32.2. The number of ether oxygens (including phenoxy) is 1. The minimum Gasteiger partial charge on any atom is -0.494 e. The van der Waals surface area contributed by atoms with Crippen molar-refractivity contribution >= 4 is 40.2 Å². The molecule has 2 unspecified atom stereocenters. The lowest BCUT2D eigenvalue weighted by molar-refractivity contribution is -0.119. The number of hydrogen-bond acceptors (Lipinski definition) is 6. The molecule has 2 aromatic rings. The van der Waals surface area contributed by atoms with Crippen LogP contribution in [0.5, 0.6) is 5.75 Å². The zero-order valence-electron chi connectivity index (χ0n) is 17.6. The molecule has 1 aliphatic rings. The first kappa shape index (κ1) is 24.1. The van der Waals surface area contributed by atoms with Gasteiger partial charge in [-0.1, -0.05) is 13.3 Å². The molecule has 2 atom stereocenters. The normalized spacial score (nSPS) is 18.9. The van der Waals surface area contributed by atoms with Crippen LogP contribution < -0.4 is 10.1 Å². The Morgan fingerprint density at radius 3 is 2.41 bits per heavy atom. The number of rotatable bonds is 9. The maximum atomic E-state index is 13.2. The van der Waals surface area contributed by atoms with Crippen molar-refractivity contribution in [3.8, 4) is 5.75 Å². The Balaban J connectivity index is 1.74. The average molecular weight is 479 g/mol. The third-order valence-corrected chi connectivity index (χ3v) is 7.40. The van der Waals surface area contributed by atoms with E-state index in [-0.39, 0.29) is 28.7 Å². The van der Waals surface area contributed by atoms with Gasteiger partial charge in [-0.25, -0.2) is 13.2 Å². The SMILES string of the molecule is CCCCOc1ccc(S(=O)(=O)N2CC(S)CC2C(=O)Nc2ccc(C(=O)O)cc2)cc1. The van der Waals surface area contributed by atoms with Gasteiger partial charge < -0.3 is 15.2 Å². The molecule has 0 saturated carbocycles. The number of carboxylic acid groups (broad SMARTS) is 1. The smallest absolute Gasteiger partial charge is 0.335 e. The summed E-state index contributed by atoms with van der Waals surface area (Å²) in [7, 11) is -3.93. The minimum atomic E-state index is -3.93. The van der Waals surface area contributed by atoms with Gasteiger partial charge in [0, 0.05) is 17.5 Å². The molecule has 1 aliphatic heterocycles. The van der Waals surface area contributed by atoms with Crippen LogP contribution in [-0.2, 0) is 14.8 Å². The third kappa shape index (κ3) is 5.62. The van der Waals surface area contributed by atoms with E-state index in [1.54, 1.807) is 12.1 Å². The quantitative estimate of drug-likeness (QED) is 0.377. The summed E-state index contributed by atoms with van der Waals surface area (Å²) >= 11 is 4.40. The summed E-state index contributed by atoms with van der Waals surface area (Å²) in [4.78, 5) is 23.9. The van der Waals surface area contributed by atoms with E-state index in [9.17, 15) is 18.0 Å². The summed E-state index contributed by atoms with van der Waals surface area (Å²) in [5, 5.41) is 11.4. The fourth-order valence-corrected chi connectivity index (χ4v) is 5.52. The molecule has 0 aliphatic carbocycles. The topological polar surface area (TPSA) is 113 Å². The predicted molar refractivity (Wildman–Crippen MR) is 124 cm³/mol. The lowest BCUT2D eigenvalue weighted by atomic mass is 10.2. The van der Waals surface area contributed by atoms with E-state index < -0.39 is 27.9 Å². The van der Waals surface area contributed by atoms with Crippen molar-refractivity contribution in [1.82, 2.24) is 4.31 Å². The van der Waals surface area contributed by atoms with E-state index in [0.717, 1.165) is 12.8 Å². The monoisotopic (exact) mass is 478 g/mol. The number of hydrogen-bond donors (Lipinski definition) is 3. The molecule has 8 nitrogen and oxygen atoms in total. The molecule has 172 valence electrons. The van der Waals surface area contributed by atoms with Gasteiger partial charge in [-0.05, 0) is 61.4 Å². The highest BCUT2D eigenvalue weighted by Gasteiger charge is 2.43. The molecule has 0 spiro atoms. The molecule has 1 amide bonds. The molecule has 1 saturated heterocycles. The van der Waals surface area contributed by atoms with E-state index in [2.05, 4.69) is 24.9 Å². The van der Waals surface area contributed by atoms with Gasteiger partial charge in [0.2, 0.25) is 15.9 Å². The Bertz CT molecular complexity index is 1050. The summed E-state index contributed by atoms with van der Waals surface area (Å²) in [6.45, 7) is 2.73. The van der Waals surface area contributed by atoms with E-state index in [1.165, 1.54) is 40.7 Å². The van der Waals surface area contributed by atoms with Crippen molar-refractivity contribution in [2.45, 2.75) is 42.4 Å². The zero-order valence-corrected chi connectivity index (χ0v) is 19.3. The average Bonchev–Trinajstić information content (AvgIpc) is 3.17. The van der Waals surface area contributed by atoms with Crippen LogP contribution in [-0.4, -0.2) is 54.1 Å². The lowest BCUT2D eigenvalue weighted by Crippen LogP contribution is -2.43. The number of amides is 1. The summed E-state index contributed by atoms with van der Waals surface area (Å²) in [6.07, 6.45) is 2.17. The zero-order chi connectivity index (χ0) is 23.3. The molecule has 2 aromatic carbocycles. The Hall–Kier alpha value is -2.56. The van der Waals surface area contributed by atoms with Crippen molar-refractivity contribution in [3.05, 3.63) is 54.1 Å². The number of aromatic carboxylic acids is 1. The van der Waals surface area contributed by atoms with Gasteiger partial charge in [0.05, 0.1) is 17.1 Å². The molecule has 1 heterocycles. The van der Waals surface area contributed by atoms with Gasteiger partial charge in [0.25, 0.3) is 0 Å². The Labute approximate surface area is 193 Å². The molecule has 2 N–H and O–H groups in total. The van der Waals surface area contributed by atoms with Crippen LogP contribution >= 0.6 is 12.6 Å². The van der Waals surface area contributed by atoms with E-state index in [4.69, 9.17) is 9.84 Å². The number of nitrogens with zero attached hydrogens (tertiary/aromatic N) is 1. The van der Waals surface area contributed by atoms with E-state index in [0.29, 0.717) is 18.0 Å². The fraction of sp³-hybridized carbons (Fsp3) is 0.364. The number of anilines is 1. The second kappa shape index (κ2) is 10.4. The molecular weight excluding hydrogens is 452 g/mol. The molecule has 0 bridgehead atoms. The van der Waals surface area contributed by atoms with Gasteiger partial charge in [-0.15, -0.1) is 0 Å². The number of thiol groups is 1. The number of carboxylic acids is 1. The second-order valence-corrected chi connectivity index (χ2v) is 10.1. The molecule has 1 fully saturated rings. The van der Waals surface area contributed by atoms with Crippen molar-refractivity contribution < 1.29 is 27.9 Å². The highest BCUT2D eigenvalue weighted by molar-refractivity contribution is 7.89. The minimum absolute atomic E-state index is 0.0754. The van der Waals surface area contributed by atoms with Crippen molar-refractivity contribution in [2.75, 3.05) is 18.5 Å². The largest absolute Gasteiger partial charge is 0.494 e. The van der Waals surface area contributed by atoms with Gasteiger partial charge in [-0.2, -0.15) is 16.9 Å². The number of carbonyl (C=O) groups excluding carboxylic acids is 1. The van der Waals surface area contributed by atoms with Gasteiger partial charge in [0.15, 0.2) is 0 Å². The lowest BCUT2D eigenvalue weighted by Gasteiger charge is -2.23. The van der Waals surface area contributed by atoms with Gasteiger partial charge in [-0.3, -0.25) is 4.79 Å². The van der Waals surface area contributed by atoms with Crippen LogP contribution in [0.15, 0.2) is 53.4 Å². The number of benzene rings is 2. The summed E-state index contributed by atoms with van der Waals surface area (Å²) in [5.41, 5.74) is 0.471. The summed E-state index contributed by atoms with van der Waals surface area (Å²) < 4.78 is 33.2. The first-order valence-electron chi connectivity index (χ1n) is 10.3. The number of sulfonamides is 1. The molecule has 0 radical (unpaired) electrons. The van der Waals surface area contributed by atoms with Crippen LogP contribution in [0.25, 0.3) is 0 Å². The van der Waals surface area contributed by atoms with Gasteiger partial charge in [0.1, 0.15) is 11.8 Å². The number of unbranched alkanes of at least 4 members (excludes halogenated alkanes) is 1.